The number of benzene rings is 2. The molecule has 4 rings (SSSR count). The third kappa shape index (κ3) is 4.76. The highest BCUT2D eigenvalue weighted by molar-refractivity contribution is 7.89. The first kappa shape index (κ1) is 22.2. The number of hydrogen-bond acceptors (Lipinski definition) is 7. The molecule has 1 saturated heterocycles. The van der Waals surface area contributed by atoms with Gasteiger partial charge < -0.3 is 10.1 Å². The molecule has 0 radical (unpaired) electrons. The monoisotopic (exact) mass is 472 g/mol. The van der Waals surface area contributed by atoms with E-state index in [2.05, 4.69) is 15.4 Å². The third-order valence-corrected chi connectivity index (χ3v) is 7.25. The first-order valence-corrected chi connectivity index (χ1v) is 11.7. The summed E-state index contributed by atoms with van der Waals surface area (Å²) in [6.07, 6.45) is 2.95. The van der Waals surface area contributed by atoms with Crippen LogP contribution < -0.4 is 10.1 Å². The van der Waals surface area contributed by atoms with Crippen LogP contribution in [0.2, 0.25) is 5.02 Å². The average molecular weight is 473 g/mol. The minimum Gasteiger partial charge on any atom is -0.456 e. The molecule has 1 fully saturated rings. The molecule has 0 amide bonds. The van der Waals surface area contributed by atoms with E-state index in [1.54, 1.807) is 29.2 Å². The van der Waals surface area contributed by atoms with Gasteiger partial charge >= 0.3 is 0 Å². The molecule has 9 nitrogen and oxygen atoms in total. The van der Waals surface area contributed by atoms with Crippen LogP contribution in [-0.2, 0) is 16.6 Å². The van der Waals surface area contributed by atoms with E-state index in [-0.39, 0.29) is 28.8 Å². The average Bonchev–Trinajstić information content (AvgIpc) is 3.26. The van der Waals surface area contributed by atoms with Gasteiger partial charge in [-0.25, -0.2) is 13.4 Å². The molecule has 32 heavy (non-hydrogen) atoms. The molecule has 0 aliphatic carbocycles. The molecular formula is C21H21ClN6O3S. The zero-order chi connectivity index (χ0) is 22.7. The normalized spacial score (nSPS) is 17.1. The van der Waals surface area contributed by atoms with Crippen molar-refractivity contribution in [2.75, 3.05) is 19.6 Å². The van der Waals surface area contributed by atoms with Gasteiger partial charge in [0.25, 0.3) is 0 Å². The summed E-state index contributed by atoms with van der Waals surface area (Å²) in [5, 5.41) is 17.2. The molecule has 1 N–H and O–H groups in total. The SMILES string of the molecule is Cc1cc(Cl)cc(Oc2ccc(C#N)cc2S(=O)(=O)N2CCNCC2Cn2cncn2)c1. The fourth-order valence-corrected chi connectivity index (χ4v) is 5.67. The first-order chi connectivity index (χ1) is 15.4. The van der Waals surface area contributed by atoms with E-state index < -0.39 is 10.0 Å². The van der Waals surface area contributed by atoms with Crippen LogP contribution in [0.4, 0.5) is 0 Å². The lowest BCUT2D eigenvalue weighted by molar-refractivity contribution is 0.238. The van der Waals surface area contributed by atoms with Crippen LogP contribution in [0.3, 0.4) is 0 Å². The van der Waals surface area contributed by atoms with Gasteiger partial charge in [-0.05, 0) is 48.9 Å². The number of hydrogen-bond donors (Lipinski definition) is 1. The van der Waals surface area contributed by atoms with Crippen LogP contribution in [0.15, 0.2) is 53.9 Å². The zero-order valence-corrected chi connectivity index (χ0v) is 18.8. The highest BCUT2D eigenvalue weighted by Gasteiger charge is 2.36. The Labute approximate surface area is 191 Å². The predicted octanol–water partition coefficient (Wildman–Crippen LogP) is 2.57. The van der Waals surface area contributed by atoms with Crippen molar-refractivity contribution in [1.82, 2.24) is 24.4 Å². The van der Waals surface area contributed by atoms with Gasteiger partial charge in [-0.15, -0.1) is 0 Å². The Morgan fingerprint density at radius 3 is 2.88 bits per heavy atom. The van der Waals surface area contributed by atoms with Crippen molar-refractivity contribution in [3.63, 3.8) is 0 Å². The molecule has 0 saturated carbocycles. The first-order valence-electron chi connectivity index (χ1n) is 9.91. The lowest BCUT2D eigenvalue weighted by Crippen LogP contribution is -2.55. The van der Waals surface area contributed by atoms with Crippen LogP contribution >= 0.6 is 11.6 Å². The minimum atomic E-state index is -4.00. The van der Waals surface area contributed by atoms with Crippen molar-refractivity contribution in [2.24, 2.45) is 0 Å². The van der Waals surface area contributed by atoms with Gasteiger partial charge in [0.2, 0.25) is 10.0 Å². The number of sulfonamides is 1. The van der Waals surface area contributed by atoms with Gasteiger partial charge in [0.15, 0.2) is 0 Å². The second-order valence-corrected chi connectivity index (χ2v) is 9.73. The molecule has 1 aliphatic heterocycles. The van der Waals surface area contributed by atoms with E-state index in [9.17, 15) is 13.7 Å². The van der Waals surface area contributed by atoms with E-state index in [0.29, 0.717) is 30.4 Å². The number of nitrogens with one attached hydrogen (secondary N) is 1. The molecule has 1 aliphatic rings. The van der Waals surface area contributed by atoms with Crippen molar-refractivity contribution in [1.29, 1.82) is 5.26 Å². The molecule has 1 unspecified atom stereocenters. The highest BCUT2D eigenvalue weighted by atomic mass is 35.5. The number of rotatable bonds is 6. The topological polar surface area (TPSA) is 113 Å². The third-order valence-electron chi connectivity index (χ3n) is 5.06. The summed E-state index contributed by atoms with van der Waals surface area (Å²) in [5.41, 5.74) is 1.10. The molecule has 3 aromatic rings. The number of nitrogens with zero attached hydrogens (tertiary/aromatic N) is 5. The van der Waals surface area contributed by atoms with Crippen LogP contribution in [0, 0.1) is 18.3 Å². The van der Waals surface area contributed by atoms with E-state index in [1.807, 2.05) is 13.0 Å². The van der Waals surface area contributed by atoms with Gasteiger partial charge in [0.1, 0.15) is 29.0 Å². The van der Waals surface area contributed by atoms with Gasteiger partial charge in [0, 0.05) is 24.7 Å². The van der Waals surface area contributed by atoms with Gasteiger partial charge in [-0.3, -0.25) is 4.68 Å². The Bertz CT molecular complexity index is 1240. The number of aryl methyl sites for hydroxylation is 1. The number of nitriles is 1. The lowest BCUT2D eigenvalue weighted by Gasteiger charge is -2.35. The zero-order valence-electron chi connectivity index (χ0n) is 17.3. The van der Waals surface area contributed by atoms with E-state index >= 15 is 0 Å². The van der Waals surface area contributed by atoms with Crippen molar-refractivity contribution in [3.05, 3.63) is 65.2 Å². The van der Waals surface area contributed by atoms with E-state index in [0.717, 1.165) is 5.56 Å². The smallest absolute Gasteiger partial charge is 0.247 e. The second kappa shape index (κ2) is 9.26. The Kier molecular flexibility index (Phi) is 6.43. The van der Waals surface area contributed by atoms with E-state index in [4.69, 9.17) is 16.3 Å². The van der Waals surface area contributed by atoms with Gasteiger partial charge in [-0.2, -0.15) is 14.7 Å². The molecule has 1 aromatic heterocycles. The number of ether oxygens (including phenoxy) is 1. The van der Waals surface area contributed by atoms with Crippen molar-refractivity contribution >= 4 is 21.6 Å². The molecule has 1 atom stereocenters. The molecule has 2 aromatic carbocycles. The fraction of sp³-hybridized carbons (Fsp3) is 0.286. The van der Waals surface area contributed by atoms with Crippen molar-refractivity contribution < 1.29 is 13.2 Å². The fourth-order valence-electron chi connectivity index (χ4n) is 3.64. The molecule has 11 heteroatoms. The lowest BCUT2D eigenvalue weighted by atomic mass is 10.2. The van der Waals surface area contributed by atoms with Gasteiger partial charge in [0.05, 0.1) is 24.2 Å². The van der Waals surface area contributed by atoms with Crippen LogP contribution in [0.25, 0.3) is 0 Å². The summed E-state index contributed by atoms with van der Waals surface area (Å²) >= 11 is 6.13. The standard InChI is InChI=1S/C21H21ClN6O3S/c1-15-6-17(22)9-19(7-15)31-20-3-2-16(10-23)8-21(20)32(29,30)28-5-4-24-11-18(28)12-27-14-25-13-26-27/h2-3,6-9,13-14,18,24H,4-5,11-12H2,1H3. The summed E-state index contributed by atoms with van der Waals surface area (Å²) in [4.78, 5) is 3.86. The number of aromatic nitrogens is 3. The Morgan fingerprint density at radius 2 is 2.16 bits per heavy atom. The number of halogens is 1. The Hall–Kier alpha value is -2.97. The second-order valence-electron chi connectivity index (χ2n) is 7.43. The molecule has 0 spiro atoms. The molecule has 2 heterocycles. The maximum Gasteiger partial charge on any atom is 0.247 e. The largest absolute Gasteiger partial charge is 0.456 e. The number of piperazine rings is 1. The molecular weight excluding hydrogens is 452 g/mol. The summed E-state index contributed by atoms with van der Waals surface area (Å²) in [6.45, 7) is 3.45. The van der Waals surface area contributed by atoms with Crippen LogP contribution in [-0.4, -0.2) is 53.2 Å². The quantitative estimate of drug-likeness (QED) is 0.586. The Balaban J connectivity index is 1.73. The van der Waals surface area contributed by atoms with Crippen molar-refractivity contribution in [2.45, 2.75) is 24.4 Å². The minimum absolute atomic E-state index is 0.0698. The van der Waals surface area contributed by atoms with Gasteiger partial charge in [-0.1, -0.05) is 11.6 Å². The summed E-state index contributed by atoms with van der Waals surface area (Å²) in [6, 6.07) is 11.1. The van der Waals surface area contributed by atoms with Crippen molar-refractivity contribution in [3.8, 4) is 17.6 Å². The van der Waals surface area contributed by atoms with E-state index in [1.165, 1.54) is 28.8 Å². The molecule has 166 valence electrons. The summed E-state index contributed by atoms with van der Waals surface area (Å²) < 4.78 is 36.5. The Morgan fingerprint density at radius 1 is 1.31 bits per heavy atom. The summed E-state index contributed by atoms with van der Waals surface area (Å²) in [5.74, 6) is 0.541. The summed E-state index contributed by atoms with van der Waals surface area (Å²) in [7, 11) is -4.00. The maximum atomic E-state index is 13.8. The highest BCUT2D eigenvalue weighted by Crippen LogP contribution is 2.34. The molecule has 0 bridgehead atoms. The maximum absolute atomic E-state index is 13.8. The van der Waals surface area contributed by atoms with Crippen LogP contribution in [0.1, 0.15) is 11.1 Å². The van der Waals surface area contributed by atoms with Crippen LogP contribution in [0.5, 0.6) is 11.5 Å². The predicted molar refractivity (Wildman–Crippen MR) is 118 cm³/mol.